The van der Waals surface area contributed by atoms with Crippen molar-refractivity contribution in [1.29, 1.82) is 0 Å². The summed E-state index contributed by atoms with van der Waals surface area (Å²) in [6, 6.07) is 1.67. The van der Waals surface area contributed by atoms with E-state index in [1.807, 2.05) is 0 Å². The van der Waals surface area contributed by atoms with E-state index in [1.165, 1.54) is 50.0 Å². The molecule has 1 aliphatic carbocycles. The largest absolute Gasteiger partial charge is 0.310 e. The molecule has 2 aliphatic rings. The Morgan fingerprint density at radius 2 is 1.79 bits per heavy atom. The SMILES string of the molecule is CC1CCC(NC2CCCSC2)CC1. The molecule has 0 aromatic heterocycles. The third kappa shape index (κ3) is 3.16. The Balaban J connectivity index is 1.68. The minimum absolute atomic E-state index is 0.826. The van der Waals surface area contributed by atoms with Crippen molar-refractivity contribution in [2.75, 3.05) is 11.5 Å². The molecule has 1 atom stereocenters. The molecule has 14 heavy (non-hydrogen) atoms. The van der Waals surface area contributed by atoms with Crippen molar-refractivity contribution in [2.24, 2.45) is 5.92 Å². The normalized spacial score (nSPS) is 39.6. The van der Waals surface area contributed by atoms with Gasteiger partial charge in [0.2, 0.25) is 0 Å². The number of thioether (sulfide) groups is 1. The second-order valence-electron chi connectivity index (χ2n) is 5.04. The van der Waals surface area contributed by atoms with Crippen LogP contribution in [0.3, 0.4) is 0 Å². The van der Waals surface area contributed by atoms with Gasteiger partial charge in [-0.2, -0.15) is 11.8 Å². The molecule has 0 amide bonds. The summed E-state index contributed by atoms with van der Waals surface area (Å²) in [5, 5.41) is 3.86. The van der Waals surface area contributed by atoms with Crippen molar-refractivity contribution >= 4 is 11.8 Å². The Morgan fingerprint density at radius 3 is 2.43 bits per heavy atom. The van der Waals surface area contributed by atoms with Gasteiger partial charge in [-0.25, -0.2) is 0 Å². The predicted octanol–water partition coefficient (Wildman–Crippen LogP) is 3.05. The van der Waals surface area contributed by atoms with Gasteiger partial charge >= 0.3 is 0 Å². The van der Waals surface area contributed by atoms with Gasteiger partial charge in [0, 0.05) is 17.8 Å². The van der Waals surface area contributed by atoms with E-state index in [1.54, 1.807) is 0 Å². The zero-order valence-electron chi connectivity index (χ0n) is 9.30. The average molecular weight is 213 g/mol. The smallest absolute Gasteiger partial charge is 0.0161 e. The zero-order valence-corrected chi connectivity index (χ0v) is 10.1. The van der Waals surface area contributed by atoms with Crippen LogP contribution in [0.2, 0.25) is 0 Å². The number of hydrogen-bond acceptors (Lipinski definition) is 2. The summed E-state index contributed by atoms with van der Waals surface area (Å²) in [6.45, 7) is 2.40. The molecular weight excluding hydrogens is 190 g/mol. The van der Waals surface area contributed by atoms with E-state index in [9.17, 15) is 0 Å². The van der Waals surface area contributed by atoms with Gasteiger partial charge < -0.3 is 5.32 Å². The highest BCUT2D eigenvalue weighted by atomic mass is 32.2. The van der Waals surface area contributed by atoms with E-state index < -0.39 is 0 Å². The van der Waals surface area contributed by atoms with Gasteiger partial charge in [0.1, 0.15) is 0 Å². The molecular formula is C12H23NS. The highest BCUT2D eigenvalue weighted by molar-refractivity contribution is 7.99. The first-order valence-electron chi connectivity index (χ1n) is 6.18. The summed E-state index contributed by atoms with van der Waals surface area (Å²) < 4.78 is 0. The first-order valence-corrected chi connectivity index (χ1v) is 7.34. The van der Waals surface area contributed by atoms with Gasteiger partial charge in [0.25, 0.3) is 0 Å². The van der Waals surface area contributed by atoms with Crippen molar-refractivity contribution in [2.45, 2.75) is 57.5 Å². The average Bonchev–Trinajstić information content (AvgIpc) is 2.23. The molecule has 1 heterocycles. The maximum atomic E-state index is 3.86. The molecule has 0 aromatic carbocycles. The van der Waals surface area contributed by atoms with Crippen molar-refractivity contribution in [3.8, 4) is 0 Å². The molecule has 1 saturated carbocycles. The monoisotopic (exact) mass is 213 g/mol. The van der Waals surface area contributed by atoms with Gasteiger partial charge in [-0.15, -0.1) is 0 Å². The van der Waals surface area contributed by atoms with Gasteiger partial charge in [-0.3, -0.25) is 0 Å². The molecule has 0 spiro atoms. The maximum absolute atomic E-state index is 3.86. The van der Waals surface area contributed by atoms with Gasteiger partial charge in [0.05, 0.1) is 0 Å². The summed E-state index contributed by atoms with van der Waals surface area (Å²) in [5.41, 5.74) is 0. The molecule has 2 fully saturated rings. The lowest BCUT2D eigenvalue weighted by atomic mass is 9.87. The van der Waals surface area contributed by atoms with Crippen LogP contribution < -0.4 is 5.32 Å². The Labute approximate surface area is 92.4 Å². The standard InChI is InChI=1S/C12H23NS/c1-10-4-6-11(7-5-10)13-12-3-2-8-14-9-12/h10-13H,2-9H2,1H3. The highest BCUT2D eigenvalue weighted by Gasteiger charge is 2.21. The lowest BCUT2D eigenvalue weighted by Gasteiger charge is -2.32. The lowest BCUT2D eigenvalue weighted by molar-refractivity contribution is 0.286. The van der Waals surface area contributed by atoms with E-state index in [2.05, 4.69) is 24.0 Å². The Bertz CT molecular complexity index is 158. The predicted molar refractivity (Wildman–Crippen MR) is 64.9 cm³/mol. The molecule has 0 bridgehead atoms. The van der Waals surface area contributed by atoms with Crippen molar-refractivity contribution in [3.05, 3.63) is 0 Å². The van der Waals surface area contributed by atoms with Crippen molar-refractivity contribution in [1.82, 2.24) is 5.32 Å². The van der Waals surface area contributed by atoms with Crippen LogP contribution in [0.5, 0.6) is 0 Å². The zero-order chi connectivity index (χ0) is 9.80. The summed E-state index contributed by atoms with van der Waals surface area (Å²) >= 11 is 2.13. The molecule has 2 heteroatoms. The van der Waals surface area contributed by atoms with Gasteiger partial charge in [-0.1, -0.05) is 6.92 Å². The third-order valence-electron chi connectivity index (χ3n) is 3.65. The second-order valence-corrected chi connectivity index (χ2v) is 6.19. The highest BCUT2D eigenvalue weighted by Crippen LogP contribution is 2.25. The fourth-order valence-electron chi connectivity index (χ4n) is 2.63. The van der Waals surface area contributed by atoms with Crippen LogP contribution in [0.4, 0.5) is 0 Å². The maximum Gasteiger partial charge on any atom is 0.0161 e. The summed E-state index contributed by atoms with van der Waals surface area (Å²) in [7, 11) is 0. The molecule has 1 nitrogen and oxygen atoms in total. The number of nitrogens with one attached hydrogen (secondary N) is 1. The Kier molecular flexibility index (Phi) is 4.18. The van der Waals surface area contributed by atoms with Crippen LogP contribution in [-0.2, 0) is 0 Å². The molecule has 82 valence electrons. The van der Waals surface area contributed by atoms with Crippen LogP contribution in [0.15, 0.2) is 0 Å². The fraction of sp³-hybridized carbons (Fsp3) is 1.00. The van der Waals surface area contributed by atoms with E-state index >= 15 is 0 Å². The van der Waals surface area contributed by atoms with E-state index in [-0.39, 0.29) is 0 Å². The molecule has 1 unspecified atom stereocenters. The Hall–Kier alpha value is 0.310. The van der Waals surface area contributed by atoms with E-state index in [0.717, 1.165) is 18.0 Å². The first kappa shape index (κ1) is 10.8. The van der Waals surface area contributed by atoms with Crippen LogP contribution in [0, 0.1) is 5.92 Å². The number of rotatable bonds is 2. The first-order chi connectivity index (χ1) is 6.84. The van der Waals surface area contributed by atoms with Crippen molar-refractivity contribution in [3.63, 3.8) is 0 Å². The third-order valence-corrected chi connectivity index (χ3v) is 4.86. The lowest BCUT2D eigenvalue weighted by Crippen LogP contribution is -2.42. The molecule has 1 aliphatic heterocycles. The fourth-order valence-corrected chi connectivity index (χ4v) is 3.72. The van der Waals surface area contributed by atoms with Gasteiger partial charge in [-0.05, 0) is 50.2 Å². The molecule has 1 N–H and O–H groups in total. The molecule has 0 aromatic rings. The minimum Gasteiger partial charge on any atom is -0.310 e. The Morgan fingerprint density at radius 1 is 1.00 bits per heavy atom. The molecule has 2 rings (SSSR count). The van der Waals surface area contributed by atoms with E-state index in [0.29, 0.717) is 0 Å². The topological polar surface area (TPSA) is 12.0 Å². The van der Waals surface area contributed by atoms with Crippen LogP contribution >= 0.6 is 11.8 Å². The molecule has 0 radical (unpaired) electrons. The summed E-state index contributed by atoms with van der Waals surface area (Å²) in [5.74, 6) is 3.72. The molecule has 1 saturated heterocycles. The minimum atomic E-state index is 0.826. The quantitative estimate of drug-likeness (QED) is 0.756. The van der Waals surface area contributed by atoms with E-state index in [4.69, 9.17) is 0 Å². The summed E-state index contributed by atoms with van der Waals surface area (Å²) in [6.07, 6.45) is 8.56. The number of hydrogen-bond donors (Lipinski definition) is 1. The van der Waals surface area contributed by atoms with Crippen molar-refractivity contribution < 1.29 is 0 Å². The van der Waals surface area contributed by atoms with Crippen LogP contribution in [0.25, 0.3) is 0 Å². The van der Waals surface area contributed by atoms with Crippen LogP contribution in [0.1, 0.15) is 45.4 Å². The second kappa shape index (κ2) is 5.41. The van der Waals surface area contributed by atoms with Crippen LogP contribution in [-0.4, -0.2) is 23.6 Å². The van der Waals surface area contributed by atoms with Gasteiger partial charge in [0.15, 0.2) is 0 Å². The summed E-state index contributed by atoms with van der Waals surface area (Å²) in [4.78, 5) is 0.